The van der Waals surface area contributed by atoms with Gasteiger partial charge in [0.2, 0.25) is 5.91 Å². The molecule has 0 aliphatic carbocycles. The molecular weight excluding hydrogens is 669 g/mol. The standard InChI is InChI=1S/C43H42N4O4S/c1-28-20-29-10-6-7-11-30(29)26-47(28)43(51)37-22-32-25-45(41(49)27-52-35-12-4-3-5-13-35)24-31(32)21-36(37)40-23-38(39-14-8-9-19-46(39)40)42(50)44(2)33-15-17-34(48)18-16-33/h3-7,10-13,15-18,21-23,28,48H,8-9,14,19-20,24-27H2,1-2H3/t28-/m1/s1. The molecule has 0 bridgehead atoms. The number of aromatic hydroxyl groups is 1. The lowest BCUT2D eigenvalue weighted by atomic mass is 9.92. The first-order valence-corrected chi connectivity index (χ1v) is 19.0. The van der Waals surface area contributed by atoms with Crippen LogP contribution in [0.25, 0.3) is 11.3 Å². The molecule has 8 rings (SSSR count). The van der Waals surface area contributed by atoms with Crippen LogP contribution in [-0.4, -0.2) is 56.0 Å². The van der Waals surface area contributed by atoms with Crippen LogP contribution in [0.4, 0.5) is 5.69 Å². The maximum Gasteiger partial charge on any atom is 0.259 e. The number of anilines is 1. The number of benzene rings is 4. The Morgan fingerprint density at radius 3 is 2.29 bits per heavy atom. The third-order valence-electron chi connectivity index (χ3n) is 10.8. The van der Waals surface area contributed by atoms with Crippen LogP contribution < -0.4 is 4.90 Å². The van der Waals surface area contributed by atoms with Crippen LogP contribution in [0.1, 0.15) is 68.4 Å². The van der Waals surface area contributed by atoms with E-state index >= 15 is 0 Å². The van der Waals surface area contributed by atoms with Gasteiger partial charge in [-0.3, -0.25) is 14.4 Å². The Labute approximate surface area is 308 Å². The summed E-state index contributed by atoms with van der Waals surface area (Å²) in [7, 11) is 1.75. The minimum absolute atomic E-state index is 0.00826. The number of fused-ring (bicyclic) bond motifs is 3. The SMILES string of the molecule is C[C@@H]1Cc2ccccc2CN1C(=O)c1cc2c(cc1-c1cc(C(=O)N(C)c3ccc(O)cc3)c3n1CCCC3)CN(C(=O)CSc1ccccc1)C2. The zero-order valence-electron chi connectivity index (χ0n) is 29.5. The Bertz CT molecular complexity index is 2180. The summed E-state index contributed by atoms with van der Waals surface area (Å²) in [4.78, 5) is 49.1. The average molecular weight is 711 g/mol. The Hall–Kier alpha value is -5.28. The number of rotatable bonds is 7. The van der Waals surface area contributed by atoms with Gasteiger partial charge in [-0.2, -0.15) is 0 Å². The number of hydrogen-bond acceptors (Lipinski definition) is 5. The fourth-order valence-corrected chi connectivity index (χ4v) is 8.76. The van der Waals surface area contributed by atoms with Gasteiger partial charge in [0.1, 0.15) is 5.75 Å². The molecule has 0 saturated heterocycles. The van der Waals surface area contributed by atoms with Gasteiger partial charge in [-0.05, 0) is 109 Å². The van der Waals surface area contributed by atoms with Crippen molar-refractivity contribution < 1.29 is 19.5 Å². The van der Waals surface area contributed by atoms with Gasteiger partial charge in [0.25, 0.3) is 11.8 Å². The van der Waals surface area contributed by atoms with Gasteiger partial charge in [0.05, 0.1) is 11.3 Å². The van der Waals surface area contributed by atoms with E-state index in [0.717, 1.165) is 70.8 Å². The van der Waals surface area contributed by atoms with Crippen LogP contribution in [0.5, 0.6) is 5.75 Å². The fourth-order valence-electron chi connectivity index (χ4n) is 7.93. The number of phenols is 1. The van der Waals surface area contributed by atoms with Crippen molar-refractivity contribution >= 4 is 35.2 Å². The third kappa shape index (κ3) is 6.38. The number of carbonyl (C=O) groups is 3. The van der Waals surface area contributed by atoms with Gasteiger partial charge in [-0.15, -0.1) is 11.8 Å². The normalized spacial score (nSPS) is 16.2. The second kappa shape index (κ2) is 14.0. The van der Waals surface area contributed by atoms with Gasteiger partial charge in [-0.25, -0.2) is 0 Å². The molecule has 3 aliphatic heterocycles. The predicted molar refractivity (Wildman–Crippen MR) is 205 cm³/mol. The number of aromatic nitrogens is 1. The molecule has 4 aromatic carbocycles. The maximum atomic E-state index is 14.9. The molecule has 1 atom stereocenters. The van der Waals surface area contributed by atoms with Gasteiger partial charge in [0.15, 0.2) is 0 Å². The third-order valence-corrected chi connectivity index (χ3v) is 11.8. The van der Waals surface area contributed by atoms with Gasteiger partial charge < -0.3 is 24.4 Å². The first-order chi connectivity index (χ1) is 25.2. The van der Waals surface area contributed by atoms with Crippen LogP contribution in [-0.2, 0) is 43.8 Å². The lowest BCUT2D eigenvalue weighted by Gasteiger charge is -2.35. The van der Waals surface area contributed by atoms with Crippen LogP contribution >= 0.6 is 11.8 Å². The van der Waals surface area contributed by atoms with Gasteiger partial charge in [-0.1, -0.05) is 42.5 Å². The maximum absolute atomic E-state index is 14.9. The van der Waals surface area contributed by atoms with E-state index < -0.39 is 0 Å². The van der Waals surface area contributed by atoms with Crippen molar-refractivity contribution in [3.63, 3.8) is 0 Å². The van der Waals surface area contributed by atoms with E-state index in [9.17, 15) is 19.5 Å². The second-order valence-corrected chi connectivity index (χ2v) is 15.2. The zero-order chi connectivity index (χ0) is 35.9. The summed E-state index contributed by atoms with van der Waals surface area (Å²) < 4.78 is 2.24. The molecule has 8 nitrogen and oxygen atoms in total. The van der Waals surface area contributed by atoms with Crippen molar-refractivity contribution in [3.8, 4) is 17.0 Å². The highest BCUT2D eigenvalue weighted by Crippen LogP contribution is 2.39. The molecule has 264 valence electrons. The van der Waals surface area contributed by atoms with Crippen molar-refractivity contribution in [3.05, 3.63) is 136 Å². The second-order valence-electron chi connectivity index (χ2n) is 14.2. The molecule has 3 amide bonds. The van der Waals surface area contributed by atoms with Crippen molar-refractivity contribution in [1.82, 2.24) is 14.4 Å². The van der Waals surface area contributed by atoms with E-state index in [4.69, 9.17) is 0 Å². The number of amides is 3. The molecule has 3 aliphatic rings. The quantitative estimate of drug-likeness (QED) is 0.175. The lowest BCUT2D eigenvalue weighted by molar-refractivity contribution is -0.128. The van der Waals surface area contributed by atoms with E-state index in [-0.39, 0.29) is 29.5 Å². The minimum Gasteiger partial charge on any atom is -0.508 e. The Kier molecular flexibility index (Phi) is 9.13. The molecule has 1 N–H and O–H groups in total. The summed E-state index contributed by atoms with van der Waals surface area (Å²) >= 11 is 1.53. The number of thioether (sulfide) groups is 1. The van der Waals surface area contributed by atoms with E-state index in [1.54, 1.807) is 36.2 Å². The molecule has 0 radical (unpaired) electrons. The molecule has 0 spiro atoms. The first-order valence-electron chi connectivity index (χ1n) is 18.0. The highest BCUT2D eigenvalue weighted by molar-refractivity contribution is 8.00. The van der Waals surface area contributed by atoms with E-state index in [1.165, 1.54) is 17.3 Å². The number of phenolic OH excluding ortho intramolecular Hbond substituents is 1. The lowest BCUT2D eigenvalue weighted by Crippen LogP contribution is -2.42. The van der Waals surface area contributed by atoms with E-state index in [1.807, 2.05) is 58.3 Å². The largest absolute Gasteiger partial charge is 0.508 e. The summed E-state index contributed by atoms with van der Waals surface area (Å²) in [6, 6.07) is 31.0. The topological polar surface area (TPSA) is 86.1 Å². The van der Waals surface area contributed by atoms with Crippen molar-refractivity contribution in [1.29, 1.82) is 0 Å². The molecule has 1 aromatic heterocycles. The smallest absolute Gasteiger partial charge is 0.259 e. The monoisotopic (exact) mass is 710 g/mol. The van der Waals surface area contributed by atoms with Crippen LogP contribution in [0.15, 0.2) is 102 Å². The Balaban J connectivity index is 1.18. The molecule has 0 unspecified atom stereocenters. The molecular formula is C43H42N4O4S. The Morgan fingerprint density at radius 1 is 0.808 bits per heavy atom. The predicted octanol–water partition coefficient (Wildman–Crippen LogP) is 7.70. The van der Waals surface area contributed by atoms with Gasteiger partial charge in [0, 0.05) is 72.4 Å². The molecule has 0 fully saturated rings. The zero-order valence-corrected chi connectivity index (χ0v) is 30.4. The first kappa shape index (κ1) is 33.8. The van der Waals surface area contributed by atoms with Crippen molar-refractivity contribution in [2.45, 2.75) is 69.7 Å². The highest BCUT2D eigenvalue weighted by atomic mass is 32.2. The summed E-state index contributed by atoms with van der Waals surface area (Å²) in [5.74, 6) is 0.373. The number of nitrogens with zero attached hydrogens (tertiary/aromatic N) is 4. The van der Waals surface area contributed by atoms with Crippen LogP contribution in [0, 0.1) is 0 Å². The molecule has 5 aromatic rings. The van der Waals surface area contributed by atoms with Crippen molar-refractivity contribution in [2.24, 2.45) is 0 Å². The number of hydrogen-bond donors (Lipinski definition) is 1. The molecule has 0 saturated carbocycles. The van der Waals surface area contributed by atoms with Crippen LogP contribution in [0.3, 0.4) is 0 Å². The molecule has 52 heavy (non-hydrogen) atoms. The van der Waals surface area contributed by atoms with Crippen molar-refractivity contribution in [2.75, 3.05) is 17.7 Å². The van der Waals surface area contributed by atoms with Crippen LogP contribution in [0.2, 0.25) is 0 Å². The van der Waals surface area contributed by atoms with E-state index in [2.05, 4.69) is 35.8 Å². The highest BCUT2D eigenvalue weighted by Gasteiger charge is 2.34. The summed E-state index contributed by atoms with van der Waals surface area (Å²) in [6.07, 6.45) is 3.50. The number of carbonyl (C=O) groups excluding carboxylic acids is 3. The summed E-state index contributed by atoms with van der Waals surface area (Å²) in [5, 5.41) is 9.84. The average Bonchev–Trinajstić information content (AvgIpc) is 3.78. The fraction of sp³-hybridized carbons (Fsp3) is 0.279. The Morgan fingerprint density at radius 2 is 1.52 bits per heavy atom. The minimum atomic E-state index is -0.134. The van der Waals surface area contributed by atoms with Gasteiger partial charge >= 0.3 is 0 Å². The van der Waals surface area contributed by atoms with E-state index in [0.29, 0.717) is 42.2 Å². The molecule has 9 heteroatoms. The molecule has 4 heterocycles. The summed E-state index contributed by atoms with van der Waals surface area (Å²) in [6.45, 7) is 4.32. The summed E-state index contributed by atoms with van der Waals surface area (Å²) in [5.41, 5.74) is 9.01.